The number of amides is 1. The minimum absolute atomic E-state index is 0.0273. The first-order valence-electron chi connectivity index (χ1n) is 11.6. The summed E-state index contributed by atoms with van der Waals surface area (Å²) in [5, 5.41) is 15.5. The number of hydrogen-bond acceptors (Lipinski definition) is 6. The van der Waals surface area contributed by atoms with Gasteiger partial charge in [0.15, 0.2) is 11.5 Å². The van der Waals surface area contributed by atoms with Gasteiger partial charge in [0.25, 0.3) is 0 Å². The first-order valence-corrected chi connectivity index (χ1v) is 11.6. The number of pyridine rings is 1. The molecule has 0 aliphatic heterocycles. The maximum absolute atomic E-state index is 12.9. The van der Waals surface area contributed by atoms with E-state index in [1.807, 2.05) is 76.4 Å². The van der Waals surface area contributed by atoms with Crippen LogP contribution in [-0.4, -0.2) is 47.4 Å². The van der Waals surface area contributed by atoms with Gasteiger partial charge in [0, 0.05) is 30.0 Å². The number of halogens is 3. The third kappa shape index (κ3) is 8.85. The molecule has 1 unspecified atom stereocenters. The molecule has 3 N–H and O–H groups in total. The molecule has 11 heteroatoms. The van der Waals surface area contributed by atoms with Crippen LogP contribution in [0.25, 0.3) is 10.8 Å². The van der Waals surface area contributed by atoms with Crippen molar-refractivity contribution in [3.05, 3.63) is 60.4 Å². The number of likely N-dealkylation sites (N-methyl/N-ethyl adjacent to an activating group) is 1. The van der Waals surface area contributed by atoms with Crippen molar-refractivity contribution in [1.29, 1.82) is 0 Å². The van der Waals surface area contributed by atoms with Gasteiger partial charge in [-0.3, -0.25) is 9.78 Å². The molecule has 0 saturated carbocycles. The van der Waals surface area contributed by atoms with E-state index < -0.39 is 18.2 Å². The minimum Gasteiger partial charge on any atom is -0.490 e. The average Bonchev–Trinajstić information content (AvgIpc) is 2.83. The van der Waals surface area contributed by atoms with Crippen molar-refractivity contribution in [2.24, 2.45) is 0 Å². The van der Waals surface area contributed by atoms with Gasteiger partial charge in [-0.05, 0) is 69.0 Å². The molecule has 0 aliphatic carbocycles. The number of nitrogens with one attached hydrogen (secondary N) is 2. The number of carbonyl (C=O) groups excluding carboxylic acids is 1. The van der Waals surface area contributed by atoms with Crippen molar-refractivity contribution in [1.82, 2.24) is 10.3 Å². The maximum atomic E-state index is 12.9. The summed E-state index contributed by atoms with van der Waals surface area (Å²) >= 11 is 0. The first kappa shape index (κ1) is 29.2. The number of alkyl halides is 3. The number of aliphatic carboxylic acids is 1. The Hall–Kier alpha value is -4.02. The molecule has 200 valence electrons. The molecule has 3 aromatic rings. The standard InChI is InChI=1S/C24H29N3O3.C2HF3O2/c1-5-26-24(28)23(27-20-9-7-19-15-25-12-11-17(19)13-20)18-8-10-21(30-16(3)4)22(14-18)29-6-2;3-2(4,5)1(6)7/h7-16,23,27H,5-6H2,1-4H3,(H,26,28);(H,6,7). The van der Waals surface area contributed by atoms with Gasteiger partial charge in [-0.1, -0.05) is 12.1 Å². The zero-order chi connectivity index (χ0) is 27.6. The Morgan fingerprint density at radius 2 is 1.73 bits per heavy atom. The third-order valence-electron chi connectivity index (χ3n) is 4.77. The molecule has 1 amide bonds. The van der Waals surface area contributed by atoms with Crippen molar-refractivity contribution in [3.63, 3.8) is 0 Å². The molecule has 1 atom stereocenters. The lowest BCUT2D eigenvalue weighted by Gasteiger charge is -2.22. The summed E-state index contributed by atoms with van der Waals surface area (Å²) in [7, 11) is 0. The molecule has 37 heavy (non-hydrogen) atoms. The van der Waals surface area contributed by atoms with Crippen LogP contribution in [0, 0.1) is 0 Å². The normalized spacial score (nSPS) is 11.8. The van der Waals surface area contributed by atoms with Crippen LogP contribution in [-0.2, 0) is 9.59 Å². The predicted octanol–water partition coefficient (Wildman–Crippen LogP) is 5.34. The molecule has 2 aromatic carbocycles. The van der Waals surface area contributed by atoms with Crippen molar-refractivity contribution in [3.8, 4) is 11.5 Å². The zero-order valence-electron chi connectivity index (χ0n) is 20.9. The highest BCUT2D eigenvalue weighted by atomic mass is 19.4. The summed E-state index contributed by atoms with van der Waals surface area (Å²) in [5.41, 5.74) is 1.65. The molecular formula is C26H30F3N3O5. The minimum atomic E-state index is -5.08. The molecule has 1 heterocycles. The van der Waals surface area contributed by atoms with Crippen molar-refractivity contribution >= 4 is 28.3 Å². The Morgan fingerprint density at radius 3 is 2.32 bits per heavy atom. The summed E-state index contributed by atoms with van der Waals surface area (Å²) in [6, 6.07) is 13.0. The Kier molecular flexibility index (Phi) is 10.5. The number of carbonyl (C=O) groups is 2. The smallest absolute Gasteiger partial charge is 0.490 e. The summed E-state index contributed by atoms with van der Waals surface area (Å²) in [6.07, 6.45) is -1.48. The summed E-state index contributed by atoms with van der Waals surface area (Å²) in [4.78, 5) is 25.9. The lowest BCUT2D eigenvalue weighted by molar-refractivity contribution is -0.192. The SMILES string of the molecule is CCNC(=O)C(Nc1ccc2cnccc2c1)c1ccc(OC(C)C)c(OCC)c1.O=C(O)C(F)(F)F. The fourth-order valence-corrected chi connectivity index (χ4v) is 3.24. The number of hydrogen-bond donors (Lipinski definition) is 3. The molecule has 0 bridgehead atoms. The van der Waals surface area contributed by atoms with Gasteiger partial charge < -0.3 is 25.2 Å². The fourth-order valence-electron chi connectivity index (χ4n) is 3.24. The molecule has 3 rings (SSSR count). The lowest BCUT2D eigenvalue weighted by atomic mass is 10.0. The van der Waals surface area contributed by atoms with E-state index in [2.05, 4.69) is 15.6 Å². The summed E-state index contributed by atoms with van der Waals surface area (Å²) in [6.45, 7) is 8.83. The quantitative estimate of drug-likeness (QED) is 0.349. The van der Waals surface area contributed by atoms with Crippen LogP contribution in [0.3, 0.4) is 0 Å². The second kappa shape index (κ2) is 13.3. The van der Waals surface area contributed by atoms with Gasteiger partial charge in [0.1, 0.15) is 6.04 Å². The molecule has 0 aliphatic rings. The first-order chi connectivity index (χ1) is 17.5. The van der Waals surface area contributed by atoms with E-state index >= 15 is 0 Å². The van der Waals surface area contributed by atoms with E-state index in [1.54, 1.807) is 6.20 Å². The number of benzene rings is 2. The van der Waals surface area contributed by atoms with Gasteiger partial charge in [-0.25, -0.2) is 4.79 Å². The number of anilines is 1. The Balaban J connectivity index is 0.000000604. The second-order valence-corrected chi connectivity index (χ2v) is 8.02. The Labute approximate surface area is 212 Å². The highest BCUT2D eigenvalue weighted by molar-refractivity contribution is 5.89. The number of carboxylic acid groups (broad SMARTS) is 1. The van der Waals surface area contributed by atoms with Crippen LogP contribution in [0.1, 0.15) is 39.3 Å². The van der Waals surface area contributed by atoms with Crippen molar-refractivity contribution in [2.75, 3.05) is 18.5 Å². The molecule has 0 spiro atoms. The van der Waals surface area contributed by atoms with Gasteiger partial charge >= 0.3 is 12.1 Å². The van der Waals surface area contributed by atoms with Crippen molar-refractivity contribution < 1.29 is 37.3 Å². The maximum Gasteiger partial charge on any atom is 0.490 e. The van der Waals surface area contributed by atoms with E-state index in [0.717, 1.165) is 22.0 Å². The largest absolute Gasteiger partial charge is 0.490 e. The van der Waals surface area contributed by atoms with E-state index in [1.165, 1.54) is 0 Å². The van der Waals surface area contributed by atoms with Gasteiger partial charge in [-0.2, -0.15) is 13.2 Å². The van der Waals surface area contributed by atoms with Crippen LogP contribution in [0.5, 0.6) is 11.5 Å². The molecule has 0 fully saturated rings. The number of fused-ring (bicyclic) bond motifs is 1. The molecule has 8 nitrogen and oxygen atoms in total. The van der Waals surface area contributed by atoms with Crippen LogP contribution in [0.15, 0.2) is 54.9 Å². The summed E-state index contributed by atoms with van der Waals surface area (Å²) < 4.78 is 43.4. The monoisotopic (exact) mass is 521 g/mol. The Morgan fingerprint density at radius 1 is 1.03 bits per heavy atom. The van der Waals surface area contributed by atoms with Gasteiger partial charge in [0.2, 0.25) is 5.91 Å². The highest BCUT2D eigenvalue weighted by Gasteiger charge is 2.38. The van der Waals surface area contributed by atoms with Crippen LogP contribution in [0.4, 0.5) is 18.9 Å². The number of nitrogens with zero attached hydrogens (tertiary/aromatic N) is 1. The van der Waals surface area contributed by atoms with Gasteiger partial charge in [-0.15, -0.1) is 0 Å². The number of ether oxygens (including phenoxy) is 2. The van der Waals surface area contributed by atoms with Gasteiger partial charge in [0.05, 0.1) is 12.7 Å². The van der Waals surface area contributed by atoms with E-state index in [-0.39, 0.29) is 12.0 Å². The second-order valence-electron chi connectivity index (χ2n) is 8.02. The fraction of sp³-hybridized carbons (Fsp3) is 0.346. The Bertz CT molecular complexity index is 1200. The average molecular weight is 522 g/mol. The van der Waals surface area contributed by atoms with E-state index in [0.29, 0.717) is 24.7 Å². The lowest BCUT2D eigenvalue weighted by Crippen LogP contribution is -2.33. The number of carboxylic acids is 1. The summed E-state index contributed by atoms with van der Waals surface area (Å²) in [5.74, 6) is -1.56. The third-order valence-corrected chi connectivity index (χ3v) is 4.77. The van der Waals surface area contributed by atoms with Crippen LogP contribution in [0.2, 0.25) is 0 Å². The van der Waals surface area contributed by atoms with E-state index in [4.69, 9.17) is 19.4 Å². The topological polar surface area (TPSA) is 110 Å². The molecular weight excluding hydrogens is 491 g/mol. The molecule has 0 saturated heterocycles. The number of rotatable bonds is 9. The number of aromatic nitrogens is 1. The van der Waals surface area contributed by atoms with Crippen LogP contribution < -0.4 is 20.1 Å². The van der Waals surface area contributed by atoms with Crippen molar-refractivity contribution in [2.45, 2.75) is 46.0 Å². The molecule has 0 radical (unpaired) electrons. The zero-order valence-corrected chi connectivity index (χ0v) is 20.9. The highest BCUT2D eigenvalue weighted by Crippen LogP contribution is 2.33. The predicted molar refractivity (Wildman–Crippen MR) is 134 cm³/mol. The van der Waals surface area contributed by atoms with Crippen LogP contribution >= 0.6 is 0 Å². The van der Waals surface area contributed by atoms with E-state index in [9.17, 15) is 18.0 Å². The molecule has 1 aromatic heterocycles.